The second kappa shape index (κ2) is 14.1. The van der Waals surface area contributed by atoms with E-state index in [-0.39, 0.29) is 18.8 Å². The molecule has 0 bridgehead atoms. The Labute approximate surface area is 221 Å². The fourth-order valence-electron chi connectivity index (χ4n) is 4.08. The molecule has 1 heterocycles. The molecule has 10 nitrogen and oxygen atoms in total. The molecular formula is C24H36Cl2N4O6. The highest BCUT2D eigenvalue weighted by molar-refractivity contribution is 6.42. The van der Waals surface area contributed by atoms with Crippen molar-refractivity contribution < 1.29 is 29.4 Å². The molecule has 36 heavy (non-hydrogen) atoms. The number of carbonyl (C=O) groups is 3. The monoisotopic (exact) mass is 546 g/mol. The number of benzene rings is 1. The average molecular weight is 547 g/mol. The summed E-state index contributed by atoms with van der Waals surface area (Å²) in [5.74, 6) is -3.69. The zero-order valence-electron chi connectivity index (χ0n) is 20.9. The molecule has 0 saturated carbocycles. The third kappa shape index (κ3) is 8.57. The summed E-state index contributed by atoms with van der Waals surface area (Å²) in [5.41, 5.74) is -0.0307. The van der Waals surface area contributed by atoms with Gasteiger partial charge in [-0.3, -0.25) is 24.5 Å². The lowest BCUT2D eigenvalue weighted by Gasteiger charge is -2.34. The maximum atomic E-state index is 13.3. The van der Waals surface area contributed by atoms with E-state index in [1.54, 1.807) is 32.0 Å². The molecule has 1 aliphatic heterocycles. The van der Waals surface area contributed by atoms with Gasteiger partial charge in [-0.05, 0) is 30.0 Å². The molecule has 1 aliphatic rings. The molecule has 0 radical (unpaired) electrons. The van der Waals surface area contributed by atoms with E-state index in [9.17, 15) is 19.5 Å². The average Bonchev–Trinajstić information content (AvgIpc) is 2.84. The van der Waals surface area contributed by atoms with Crippen molar-refractivity contribution >= 4 is 40.9 Å². The number of carbonyl (C=O) groups excluding carboxylic acids is 3. The maximum Gasteiger partial charge on any atom is 0.253 e. The first kappa shape index (κ1) is 30.3. The van der Waals surface area contributed by atoms with Crippen LogP contribution in [-0.4, -0.2) is 84.0 Å². The number of nitrogens with zero attached hydrogens (tertiary/aromatic N) is 1. The Kier molecular flexibility index (Phi) is 11.9. The third-order valence-corrected chi connectivity index (χ3v) is 6.95. The number of morpholine rings is 1. The number of hydrogen-bond donors (Lipinski definition) is 5. The molecule has 1 saturated heterocycles. The van der Waals surface area contributed by atoms with Gasteiger partial charge in [-0.2, -0.15) is 0 Å². The van der Waals surface area contributed by atoms with E-state index >= 15 is 0 Å². The first-order valence-electron chi connectivity index (χ1n) is 12.0. The van der Waals surface area contributed by atoms with Crippen LogP contribution in [0.2, 0.25) is 10.0 Å². The summed E-state index contributed by atoms with van der Waals surface area (Å²) < 4.78 is 5.33. The first-order chi connectivity index (χ1) is 17.0. The van der Waals surface area contributed by atoms with Crippen molar-refractivity contribution in [2.45, 2.75) is 45.3 Å². The van der Waals surface area contributed by atoms with Crippen molar-refractivity contribution in [1.82, 2.24) is 21.0 Å². The van der Waals surface area contributed by atoms with Crippen LogP contribution in [0.3, 0.4) is 0 Å². The summed E-state index contributed by atoms with van der Waals surface area (Å²) in [6.07, 6.45) is 0.00984. The van der Waals surface area contributed by atoms with Crippen LogP contribution in [0.15, 0.2) is 18.2 Å². The number of ether oxygens (including phenoxy) is 1. The fraction of sp³-hybridized carbons (Fsp3) is 0.625. The fourth-order valence-corrected chi connectivity index (χ4v) is 4.40. The number of aliphatic hydroxyl groups is 1. The normalized spacial score (nSPS) is 17.7. The molecule has 12 heteroatoms. The van der Waals surface area contributed by atoms with E-state index in [1.165, 1.54) is 12.4 Å². The standard InChI is InChI=1S/C24H36Cl2N4O6/c1-15(2)14-24(34,16(3)21(31)29-35)23(33)28-20(13-17-4-5-18(25)19(26)12-17)22(32)27-6-7-30-8-10-36-11-9-30/h4-5,12,15-16,20,34-35H,6-11,13-14H2,1-3H3,(H,27,32)(H,28,33)(H,29,31)/t16-,20+,24+/m1/s1. The number of nitrogens with one attached hydrogen (secondary N) is 3. The topological polar surface area (TPSA) is 140 Å². The van der Waals surface area contributed by atoms with Crippen LogP contribution in [0.4, 0.5) is 0 Å². The first-order valence-corrected chi connectivity index (χ1v) is 12.7. The largest absolute Gasteiger partial charge is 0.379 e. The Morgan fingerprint density at radius 2 is 1.78 bits per heavy atom. The van der Waals surface area contributed by atoms with Crippen molar-refractivity contribution in [3.05, 3.63) is 33.8 Å². The molecule has 3 atom stereocenters. The Hall–Kier alpha value is -1.95. The molecule has 1 aromatic carbocycles. The van der Waals surface area contributed by atoms with Gasteiger partial charge in [0.05, 0.1) is 29.2 Å². The van der Waals surface area contributed by atoms with E-state index in [4.69, 9.17) is 33.1 Å². The summed E-state index contributed by atoms with van der Waals surface area (Å²) >= 11 is 12.1. The molecule has 5 N–H and O–H groups in total. The number of halogens is 2. The summed E-state index contributed by atoms with van der Waals surface area (Å²) in [4.78, 5) is 40.7. The molecule has 0 aliphatic carbocycles. The van der Waals surface area contributed by atoms with Crippen molar-refractivity contribution in [2.75, 3.05) is 39.4 Å². The summed E-state index contributed by atoms with van der Waals surface area (Å²) in [5, 5.41) is 26.4. The van der Waals surface area contributed by atoms with Crippen molar-refractivity contribution in [1.29, 1.82) is 0 Å². The van der Waals surface area contributed by atoms with Crippen LogP contribution in [0.1, 0.15) is 32.8 Å². The molecule has 0 aromatic heterocycles. The lowest BCUT2D eigenvalue weighted by Crippen LogP contribution is -2.60. The molecule has 3 amide bonds. The predicted molar refractivity (Wildman–Crippen MR) is 136 cm³/mol. The van der Waals surface area contributed by atoms with Gasteiger partial charge in [0.2, 0.25) is 11.8 Å². The van der Waals surface area contributed by atoms with Crippen LogP contribution in [0, 0.1) is 11.8 Å². The van der Waals surface area contributed by atoms with Crippen molar-refractivity contribution in [2.24, 2.45) is 11.8 Å². The lowest BCUT2D eigenvalue weighted by molar-refractivity contribution is -0.159. The van der Waals surface area contributed by atoms with Gasteiger partial charge in [-0.25, -0.2) is 5.48 Å². The Morgan fingerprint density at radius 1 is 1.11 bits per heavy atom. The molecule has 0 spiro atoms. The zero-order valence-corrected chi connectivity index (χ0v) is 22.4. The molecule has 0 unspecified atom stereocenters. The summed E-state index contributed by atoms with van der Waals surface area (Å²) in [6, 6.07) is 3.82. The Balaban J connectivity index is 2.21. The van der Waals surface area contributed by atoms with Gasteiger partial charge in [0, 0.05) is 32.6 Å². The van der Waals surface area contributed by atoms with Gasteiger partial charge >= 0.3 is 0 Å². The van der Waals surface area contributed by atoms with E-state index < -0.39 is 35.3 Å². The highest BCUT2D eigenvalue weighted by atomic mass is 35.5. The number of hydrogen-bond acceptors (Lipinski definition) is 7. The number of hydroxylamine groups is 1. The maximum absolute atomic E-state index is 13.3. The highest BCUT2D eigenvalue weighted by Gasteiger charge is 2.46. The molecule has 1 fully saturated rings. The van der Waals surface area contributed by atoms with E-state index in [2.05, 4.69) is 15.5 Å². The highest BCUT2D eigenvalue weighted by Crippen LogP contribution is 2.27. The van der Waals surface area contributed by atoms with Crippen molar-refractivity contribution in [3.63, 3.8) is 0 Å². The predicted octanol–water partition coefficient (Wildman–Crippen LogP) is 1.39. The third-order valence-electron chi connectivity index (χ3n) is 6.21. The minimum absolute atomic E-state index is 0.0639. The van der Waals surface area contributed by atoms with Crippen molar-refractivity contribution in [3.8, 4) is 0 Å². The molecule has 202 valence electrons. The van der Waals surface area contributed by atoms with Crippen LogP contribution in [0.25, 0.3) is 0 Å². The molecule has 2 rings (SSSR count). The number of amides is 3. The van der Waals surface area contributed by atoms with Gasteiger partial charge in [0.15, 0.2) is 5.60 Å². The van der Waals surface area contributed by atoms with E-state index in [1.807, 2.05) is 0 Å². The van der Waals surface area contributed by atoms with Crippen LogP contribution >= 0.6 is 23.2 Å². The second-order valence-corrected chi connectivity index (χ2v) is 10.3. The quantitative estimate of drug-likeness (QED) is 0.197. The summed E-state index contributed by atoms with van der Waals surface area (Å²) in [7, 11) is 0. The minimum Gasteiger partial charge on any atom is -0.379 e. The van der Waals surface area contributed by atoms with Gasteiger partial charge in [0.1, 0.15) is 6.04 Å². The second-order valence-electron chi connectivity index (χ2n) is 9.44. The van der Waals surface area contributed by atoms with Crippen LogP contribution in [-0.2, 0) is 25.5 Å². The number of rotatable bonds is 12. The van der Waals surface area contributed by atoms with Gasteiger partial charge < -0.3 is 20.5 Å². The Morgan fingerprint density at radius 3 is 2.36 bits per heavy atom. The SMILES string of the molecule is CC(C)C[C@@](O)(C(=O)N[C@@H](Cc1ccc(Cl)c(Cl)c1)C(=O)NCCN1CCOCC1)[C@H](C)C(=O)NO. The molecule has 1 aromatic rings. The zero-order chi connectivity index (χ0) is 26.9. The van der Waals surface area contributed by atoms with Gasteiger partial charge in [-0.15, -0.1) is 0 Å². The van der Waals surface area contributed by atoms with Gasteiger partial charge in [-0.1, -0.05) is 50.0 Å². The smallest absolute Gasteiger partial charge is 0.253 e. The molecular weight excluding hydrogens is 511 g/mol. The minimum atomic E-state index is -2.16. The summed E-state index contributed by atoms with van der Waals surface area (Å²) in [6.45, 7) is 8.69. The lowest BCUT2D eigenvalue weighted by atomic mass is 9.80. The van der Waals surface area contributed by atoms with E-state index in [0.717, 1.165) is 13.1 Å². The van der Waals surface area contributed by atoms with Gasteiger partial charge in [0.25, 0.3) is 5.91 Å². The van der Waals surface area contributed by atoms with E-state index in [0.29, 0.717) is 41.9 Å². The van der Waals surface area contributed by atoms with Crippen LogP contribution < -0.4 is 16.1 Å². The Bertz CT molecular complexity index is 913. The van der Waals surface area contributed by atoms with Crippen LogP contribution in [0.5, 0.6) is 0 Å².